The van der Waals surface area contributed by atoms with Crippen molar-refractivity contribution >= 4 is 17.9 Å². The first-order valence-electron chi connectivity index (χ1n) is 9.85. The smallest absolute Gasteiger partial charge is 0.338 e. The Balaban J connectivity index is 1.88. The molecule has 166 valence electrons. The lowest BCUT2D eigenvalue weighted by molar-refractivity contribution is -0.123. The second-order valence-corrected chi connectivity index (χ2v) is 6.09. The van der Waals surface area contributed by atoms with E-state index in [1.54, 1.807) is 19.9 Å². The molecule has 0 saturated heterocycles. The van der Waals surface area contributed by atoms with Crippen molar-refractivity contribution < 1.29 is 33.3 Å². The number of benzene rings is 2. The Morgan fingerprint density at radius 2 is 1.61 bits per heavy atom. The van der Waals surface area contributed by atoms with Crippen LogP contribution in [0.5, 0.6) is 17.2 Å². The Hall–Kier alpha value is -3.75. The minimum Gasteiger partial charge on any atom is -0.490 e. The maximum absolute atomic E-state index is 12.2. The Labute approximate surface area is 180 Å². The zero-order valence-electron chi connectivity index (χ0n) is 17.5. The lowest BCUT2D eigenvalue weighted by Crippen LogP contribution is -2.41. The van der Waals surface area contributed by atoms with Crippen molar-refractivity contribution in [2.45, 2.75) is 13.8 Å². The van der Waals surface area contributed by atoms with Crippen LogP contribution in [0.2, 0.25) is 0 Å². The molecule has 0 aliphatic heterocycles. The first-order valence-corrected chi connectivity index (χ1v) is 9.85. The normalized spacial score (nSPS) is 10.0. The third-order valence-electron chi connectivity index (χ3n) is 3.76. The number of carbonyl (C=O) groups is 3. The first-order chi connectivity index (χ1) is 15.0. The van der Waals surface area contributed by atoms with Gasteiger partial charge in [0, 0.05) is 6.54 Å². The fraction of sp³-hybridized carbons (Fsp3) is 0.318. The number of amides is 3. The highest BCUT2D eigenvalue weighted by Gasteiger charge is 2.15. The molecule has 0 unspecified atom stereocenters. The molecule has 0 heterocycles. The number of para-hydroxylation sites is 1. The predicted molar refractivity (Wildman–Crippen MR) is 113 cm³/mol. The second kappa shape index (κ2) is 12.7. The lowest BCUT2D eigenvalue weighted by Gasteiger charge is -2.14. The fourth-order valence-electron chi connectivity index (χ4n) is 2.43. The highest BCUT2D eigenvalue weighted by molar-refractivity contribution is 5.97. The van der Waals surface area contributed by atoms with Gasteiger partial charge in [-0.2, -0.15) is 0 Å². The second-order valence-electron chi connectivity index (χ2n) is 6.09. The molecule has 0 radical (unpaired) electrons. The van der Waals surface area contributed by atoms with Crippen molar-refractivity contribution in [1.82, 2.24) is 10.6 Å². The number of rotatable bonds is 11. The summed E-state index contributed by atoms with van der Waals surface area (Å²) < 4.78 is 21.8. The third-order valence-corrected chi connectivity index (χ3v) is 3.76. The summed E-state index contributed by atoms with van der Waals surface area (Å²) in [5.74, 6) is 0.0894. The summed E-state index contributed by atoms with van der Waals surface area (Å²) in [6, 6.07) is 13.3. The van der Waals surface area contributed by atoms with E-state index in [1.165, 1.54) is 12.1 Å². The number of imide groups is 1. The van der Waals surface area contributed by atoms with Crippen LogP contribution in [0.25, 0.3) is 0 Å². The van der Waals surface area contributed by atoms with Crippen molar-refractivity contribution in [1.29, 1.82) is 0 Å². The van der Waals surface area contributed by atoms with Crippen LogP contribution in [0.1, 0.15) is 24.2 Å². The van der Waals surface area contributed by atoms with E-state index in [0.717, 1.165) is 5.75 Å². The molecular formula is C22H26N2O7. The molecule has 9 nitrogen and oxygen atoms in total. The first kappa shape index (κ1) is 23.5. The summed E-state index contributed by atoms with van der Waals surface area (Å²) in [4.78, 5) is 35.1. The number of ether oxygens (including phenoxy) is 4. The van der Waals surface area contributed by atoms with Gasteiger partial charge in [-0.05, 0) is 44.2 Å². The molecule has 0 saturated carbocycles. The van der Waals surface area contributed by atoms with Crippen LogP contribution >= 0.6 is 0 Å². The van der Waals surface area contributed by atoms with Gasteiger partial charge in [0.25, 0.3) is 5.91 Å². The predicted octanol–water partition coefficient (Wildman–Crippen LogP) is 2.55. The van der Waals surface area contributed by atoms with Gasteiger partial charge in [-0.3, -0.25) is 10.1 Å². The molecule has 0 fully saturated rings. The molecular weight excluding hydrogens is 404 g/mol. The van der Waals surface area contributed by atoms with Gasteiger partial charge in [0.1, 0.15) is 19.0 Å². The quantitative estimate of drug-likeness (QED) is 0.416. The Kier molecular flexibility index (Phi) is 9.67. The minimum atomic E-state index is -0.734. The van der Waals surface area contributed by atoms with Gasteiger partial charge in [0.15, 0.2) is 18.1 Å². The van der Waals surface area contributed by atoms with E-state index in [0.29, 0.717) is 31.3 Å². The summed E-state index contributed by atoms with van der Waals surface area (Å²) in [6.45, 7) is 4.27. The Morgan fingerprint density at radius 3 is 2.32 bits per heavy atom. The third kappa shape index (κ3) is 8.25. The van der Waals surface area contributed by atoms with Gasteiger partial charge >= 0.3 is 12.0 Å². The van der Waals surface area contributed by atoms with E-state index < -0.39 is 24.5 Å². The fourth-order valence-corrected chi connectivity index (χ4v) is 2.43. The van der Waals surface area contributed by atoms with Crippen LogP contribution < -0.4 is 24.8 Å². The highest BCUT2D eigenvalue weighted by atomic mass is 16.5. The summed E-state index contributed by atoms with van der Waals surface area (Å²) in [6.07, 6.45) is 0. The number of hydrogen-bond acceptors (Lipinski definition) is 7. The van der Waals surface area contributed by atoms with Crippen LogP contribution in [0.3, 0.4) is 0 Å². The van der Waals surface area contributed by atoms with Crippen molar-refractivity contribution in [2.75, 3.05) is 33.0 Å². The summed E-state index contributed by atoms with van der Waals surface area (Å²) in [5, 5.41) is 4.45. The van der Waals surface area contributed by atoms with Crippen molar-refractivity contribution in [3.63, 3.8) is 0 Å². The molecule has 0 aliphatic rings. The zero-order chi connectivity index (χ0) is 22.5. The SMILES string of the molecule is CCNC(=O)NC(=O)COC(=O)c1ccc(OCCOc2ccccc2)c(OCC)c1. The molecule has 2 aromatic carbocycles. The summed E-state index contributed by atoms with van der Waals surface area (Å²) >= 11 is 0. The van der Waals surface area contributed by atoms with Crippen LogP contribution in [-0.4, -0.2) is 50.9 Å². The highest BCUT2D eigenvalue weighted by Crippen LogP contribution is 2.29. The molecule has 0 aliphatic carbocycles. The van der Waals surface area contributed by atoms with Crippen LogP contribution in [0, 0.1) is 0 Å². The van der Waals surface area contributed by atoms with Gasteiger partial charge in [-0.25, -0.2) is 9.59 Å². The van der Waals surface area contributed by atoms with Crippen LogP contribution in [-0.2, 0) is 9.53 Å². The minimum absolute atomic E-state index is 0.183. The van der Waals surface area contributed by atoms with E-state index >= 15 is 0 Å². The molecule has 0 atom stereocenters. The number of nitrogens with one attached hydrogen (secondary N) is 2. The number of carbonyl (C=O) groups excluding carboxylic acids is 3. The summed E-state index contributed by atoms with van der Waals surface area (Å²) in [7, 11) is 0. The number of urea groups is 1. The van der Waals surface area contributed by atoms with Gasteiger partial charge in [-0.15, -0.1) is 0 Å². The van der Waals surface area contributed by atoms with Crippen molar-refractivity contribution in [2.24, 2.45) is 0 Å². The molecule has 9 heteroatoms. The Morgan fingerprint density at radius 1 is 0.871 bits per heavy atom. The molecule has 2 N–H and O–H groups in total. The van der Waals surface area contributed by atoms with Gasteiger partial charge < -0.3 is 24.3 Å². The average Bonchev–Trinajstić information content (AvgIpc) is 2.77. The number of hydrogen-bond donors (Lipinski definition) is 2. The van der Waals surface area contributed by atoms with Gasteiger partial charge in [0.2, 0.25) is 0 Å². The van der Waals surface area contributed by atoms with E-state index in [1.807, 2.05) is 35.6 Å². The number of esters is 1. The molecule has 2 aromatic rings. The lowest BCUT2D eigenvalue weighted by atomic mass is 10.2. The monoisotopic (exact) mass is 430 g/mol. The average molecular weight is 430 g/mol. The van der Waals surface area contributed by atoms with Gasteiger partial charge in [-0.1, -0.05) is 18.2 Å². The van der Waals surface area contributed by atoms with E-state index in [4.69, 9.17) is 18.9 Å². The van der Waals surface area contributed by atoms with Crippen molar-refractivity contribution in [3.8, 4) is 17.2 Å². The zero-order valence-corrected chi connectivity index (χ0v) is 17.5. The molecule has 31 heavy (non-hydrogen) atoms. The standard InChI is InChI=1S/C22H26N2O7/c1-3-23-22(27)24-20(25)15-31-21(26)16-10-11-18(19(14-16)28-4-2)30-13-12-29-17-8-6-5-7-9-17/h5-11,14H,3-4,12-13,15H2,1-2H3,(H2,23,24,25,27). The Bertz CT molecular complexity index is 871. The topological polar surface area (TPSA) is 112 Å². The summed E-state index contributed by atoms with van der Waals surface area (Å²) in [5.41, 5.74) is 0.183. The van der Waals surface area contributed by atoms with E-state index in [-0.39, 0.29) is 12.2 Å². The molecule has 0 bridgehead atoms. The molecule has 2 rings (SSSR count). The largest absolute Gasteiger partial charge is 0.490 e. The maximum atomic E-state index is 12.2. The van der Waals surface area contributed by atoms with E-state index in [9.17, 15) is 14.4 Å². The molecule has 0 aromatic heterocycles. The molecule has 3 amide bonds. The van der Waals surface area contributed by atoms with E-state index in [2.05, 4.69) is 5.32 Å². The molecule has 0 spiro atoms. The van der Waals surface area contributed by atoms with Gasteiger partial charge in [0.05, 0.1) is 12.2 Å². The van der Waals surface area contributed by atoms with Crippen LogP contribution in [0.4, 0.5) is 4.79 Å². The maximum Gasteiger partial charge on any atom is 0.338 e. The van der Waals surface area contributed by atoms with Crippen molar-refractivity contribution in [3.05, 3.63) is 54.1 Å². The van der Waals surface area contributed by atoms with Crippen LogP contribution in [0.15, 0.2) is 48.5 Å².